The number of hydrogen-bond acceptors (Lipinski definition) is 5. The van der Waals surface area contributed by atoms with Gasteiger partial charge in [0.2, 0.25) is 9.84 Å². The summed E-state index contributed by atoms with van der Waals surface area (Å²) in [6, 6.07) is 13.8. The van der Waals surface area contributed by atoms with Gasteiger partial charge in [-0.05, 0) is 42.5 Å². The van der Waals surface area contributed by atoms with E-state index in [1.807, 2.05) is 20.2 Å². The van der Waals surface area contributed by atoms with Crippen molar-refractivity contribution in [2.75, 3.05) is 20.6 Å². The van der Waals surface area contributed by atoms with Crippen LogP contribution in [0.25, 0.3) is 0 Å². The van der Waals surface area contributed by atoms with Crippen LogP contribution in [0.1, 0.15) is 38.1 Å². The van der Waals surface area contributed by atoms with Crippen molar-refractivity contribution in [2.24, 2.45) is 0 Å². The van der Waals surface area contributed by atoms with Crippen LogP contribution < -0.4 is 10.2 Å². The Bertz CT molecular complexity index is 1230. The summed E-state index contributed by atoms with van der Waals surface area (Å²) >= 11 is 0. The number of amides is 1. The summed E-state index contributed by atoms with van der Waals surface area (Å²) in [5.41, 5.74) is 0.408. The van der Waals surface area contributed by atoms with Gasteiger partial charge in [-0.25, -0.2) is 8.42 Å². The van der Waals surface area contributed by atoms with Crippen LogP contribution in [-0.4, -0.2) is 40.7 Å². The number of fused-ring (bicyclic) bond motifs is 2. The Morgan fingerprint density at radius 3 is 2.47 bits per heavy atom. The maximum atomic E-state index is 13.0. The Balaban J connectivity index is 1.62. The van der Waals surface area contributed by atoms with E-state index in [9.17, 15) is 18.0 Å². The summed E-state index contributed by atoms with van der Waals surface area (Å²) in [5.74, 6) is -0.0425. The highest BCUT2D eigenvalue weighted by molar-refractivity contribution is 7.91. The van der Waals surface area contributed by atoms with E-state index in [0.717, 1.165) is 10.7 Å². The van der Waals surface area contributed by atoms with Gasteiger partial charge in [-0.15, -0.1) is 0 Å². The molecule has 1 atom stereocenters. The summed E-state index contributed by atoms with van der Waals surface area (Å²) < 4.78 is 31.5. The molecule has 1 amide bonds. The standard InChI is InChI=1S/C22H20N2O5S/c1-24(2)17(18-7-5-11-29-18)13-23-22(26)14-9-10-16-20(12-14)30(27,28)19-8-4-3-6-15(19)21(16)25/h3-12,17H,13H2,1-2H3,(H,23,26)/p+1/t17-/m0/s1. The Morgan fingerprint density at radius 2 is 1.77 bits per heavy atom. The monoisotopic (exact) mass is 425 g/mol. The van der Waals surface area contributed by atoms with Crippen LogP contribution in [0, 0.1) is 0 Å². The molecule has 0 spiro atoms. The number of carbonyl (C=O) groups excluding carboxylic acids is 2. The van der Waals surface area contributed by atoms with Crippen molar-refractivity contribution in [3.63, 3.8) is 0 Å². The van der Waals surface area contributed by atoms with Gasteiger partial charge < -0.3 is 14.6 Å². The second kappa shape index (κ2) is 7.55. The number of quaternary nitrogens is 1. The van der Waals surface area contributed by atoms with Gasteiger partial charge in [0.05, 0.1) is 36.7 Å². The van der Waals surface area contributed by atoms with Crippen LogP contribution in [0.2, 0.25) is 0 Å². The average molecular weight is 425 g/mol. The lowest BCUT2D eigenvalue weighted by Crippen LogP contribution is -3.07. The summed E-state index contributed by atoms with van der Waals surface area (Å²) in [6.07, 6.45) is 1.58. The number of likely N-dealkylation sites (N-methyl/N-ethyl adjacent to an activating group) is 1. The molecule has 0 radical (unpaired) electrons. The molecule has 7 nitrogen and oxygen atoms in total. The number of sulfone groups is 1. The molecule has 0 saturated carbocycles. The predicted molar refractivity (Wildman–Crippen MR) is 108 cm³/mol. The molecule has 30 heavy (non-hydrogen) atoms. The maximum absolute atomic E-state index is 13.0. The van der Waals surface area contributed by atoms with Gasteiger partial charge in [0.1, 0.15) is 0 Å². The number of benzene rings is 2. The fourth-order valence-electron chi connectivity index (χ4n) is 3.60. The zero-order valence-corrected chi connectivity index (χ0v) is 17.3. The molecule has 0 unspecified atom stereocenters. The fourth-order valence-corrected chi connectivity index (χ4v) is 5.28. The van der Waals surface area contributed by atoms with Crippen molar-refractivity contribution in [2.45, 2.75) is 15.8 Å². The molecule has 0 aliphatic carbocycles. The maximum Gasteiger partial charge on any atom is 0.251 e. The number of rotatable bonds is 5. The predicted octanol–water partition coefficient (Wildman–Crippen LogP) is 1.27. The second-order valence-corrected chi connectivity index (χ2v) is 9.28. The zero-order chi connectivity index (χ0) is 21.5. The Kier molecular flexibility index (Phi) is 5.05. The van der Waals surface area contributed by atoms with Crippen LogP contribution in [-0.2, 0) is 9.84 Å². The first kappa shape index (κ1) is 20.1. The van der Waals surface area contributed by atoms with Crippen molar-refractivity contribution in [3.05, 3.63) is 83.3 Å². The quantitative estimate of drug-likeness (QED) is 0.502. The van der Waals surface area contributed by atoms with Gasteiger partial charge in [0.25, 0.3) is 5.91 Å². The van der Waals surface area contributed by atoms with Crippen LogP contribution >= 0.6 is 0 Å². The van der Waals surface area contributed by atoms with Crippen molar-refractivity contribution < 1.29 is 27.3 Å². The molecule has 1 aliphatic heterocycles. The van der Waals surface area contributed by atoms with Gasteiger partial charge >= 0.3 is 0 Å². The van der Waals surface area contributed by atoms with E-state index in [2.05, 4.69) is 5.32 Å². The first-order chi connectivity index (χ1) is 14.3. The highest BCUT2D eigenvalue weighted by atomic mass is 32.2. The van der Waals surface area contributed by atoms with E-state index < -0.39 is 15.7 Å². The minimum atomic E-state index is -3.89. The van der Waals surface area contributed by atoms with Crippen LogP contribution in [0.4, 0.5) is 0 Å². The average Bonchev–Trinajstić information content (AvgIpc) is 3.26. The van der Waals surface area contributed by atoms with Crippen molar-refractivity contribution in [3.8, 4) is 0 Å². The smallest absolute Gasteiger partial charge is 0.251 e. The van der Waals surface area contributed by atoms with Gasteiger partial charge in [-0.1, -0.05) is 12.1 Å². The first-order valence-electron chi connectivity index (χ1n) is 9.45. The normalized spacial score (nSPS) is 15.4. The second-order valence-electron chi connectivity index (χ2n) is 7.40. The highest BCUT2D eigenvalue weighted by Gasteiger charge is 2.35. The third-order valence-electron chi connectivity index (χ3n) is 5.25. The van der Waals surface area contributed by atoms with Crippen LogP contribution in [0.3, 0.4) is 0 Å². The Labute approximate surface area is 174 Å². The molecule has 1 aliphatic rings. The van der Waals surface area contributed by atoms with E-state index >= 15 is 0 Å². The molecule has 2 N–H and O–H groups in total. The molecule has 2 aromatic carbocycles. The number of furan rings is 1. The Morgan fingerprint density at radius 1 is 1.03 bits per heavy atom. The lowest BCUT2D eigenvalue weighted by atomic mass is 10.0. The van der Waals surface area contributed by atoms with Gasteiger partial charge in [0, 0.05) is 16.7 Å². The third-order valence-corrected chi connectivity index (χ3v) is 7.10. The minimum absolute atomic E-state index is 0.0332. The molecule has 0 bridgehead atoms. The first-order valence-corrected chi connectivity index (χ1v) is 10.9. The van der Waals surface area contributed by atoms with Crippen molar-refractivity contribution >= 4 is 21.5 Å². The lowest BCUT2D eigenvalue weighted by molar-refractivity contribution is -0.891. The molecule has 3 aromatic rings. The van der Waals surface area contributed by atoms with Crippen molar-refractivity contribution in [1.29, 1.82) is 0 Å². The highest BCUT2D eigenvalue weighted by Crippen LogP contribution is 2.34. The van der Waals surface area contributed by atoms with Crippen LogP contribution in [0.15, 0.2) is 75.1 Å². The van der Waals surface area contributed by atoms with Crippen molar-refractivity contribution in [1.82, 2.24) is 5.32 Å². The SMILES string of the molecule is C[NH+](C)[C@@H](CNC(=O)c1ccc2c(c1)S(=O)(=O)c1ccccc1C2=O)c1ccco1. The molecular weight excluding hydrogens is 404 g/mol. The van der Waals surface area contributed by atoms with Gasteiger partial charge in [-0.3, -0.25) is 9.59 Å². The topological polar surface area (TPSA) is 97.9 Å². The number of hydrogen-bond donors (Lipinski definition) is 2. The largest absolute Gasteiger partial charge is 0.463 e. The van der Waals surface area contributed by atoms with E-state index in [4.69, 9.17) is 4.42 Å². The van der Waals surface area contributed by atoms with E-state index in [0.29, 0.717) is 6.54 Å². The Hall–Kier alpha value is -3.23. The number of nitrogens with one attached hydrogen (secondary N) is 2. The summed E-state index contributed by atoms with van der Waals surface area (Å²) in [7, 11) is 0.0141. The molecule has 0 saturated heterocycles. The molecule has 8 heteroatoms. The molecular formula is C22H21N2O5S+. The number of ketones is 1. The molecule has 154 valence electrons. The van der Waals surface area contributed by atoms with E-state index in [-0.39, 0.29) is 38.3 Å². The fraction of sp³-hybridized carbons (Fsp3) is 0.182. The number of carbonyl (C=O) groups is 2. The third kappa shape index (κ3) is 3.34. The van der Waals surface area contributed by atoms with E-state index in [1.165, 1.54) is 30.3 Å². The zero-order valence-electron chi connectivity index (χ0n) is 16.5. The van der Waals surface area contributed by atoms with Gasteiger partial charge in [0.15, 0.2) is 17.6 Å². The molecule has 2 heterocycles. The summed E-state index contributed by atoms with van der Waals surface area (Å²) in [6.45, 7) is 0.306. The molecule has 0 fully saturated rings. The van der Waals surface area contributed by atoms with Crippen LogP contribution in [0.5, 0.6) is 0 Å². The van der Waals surface area contributed by atoms with E-state index in [1.54, 1.807) is 24.5 Å². The van der Waals surface area contributed by atoms with Gasteiger partial charge in [-0.2, -0.15) is 0 Å². The molecule has 4 rings (SSSR count). The minimum Gasteiger partial charge on any atom is -0.463 e. The lowest BCUT2D eigenvalue weighted by Gasteiger charge is -2.21. The molecule has 1 aromatic heterocycles. The summed E-state index contributed by atoms with van der Waals surface area (Å²) in [4.78, 5) is 26.4. The summed E-state index contributed by atoms with van der Waals surface area (Å²) in [5, 5.41) is 2.83.